The van der Waals surface area contributed by atoms with E-state index in [-0.39, 0.29) is 11.9 Å². The molecule has 1 saturated heterocycles. The lowest BCUT2D eigenvalue weighted by molar-refractivity contribution is 0.142. The molecule has 0 bridgehead atoms. The van der Waals surface area contributed by atoms with Crippen molar-refractivity contribution in [1.82, 2.24) is 10.2 Å². The topological polar surface area (TPSA) is 65.4 Å². The van der Waals surface area contributed by atoms with Crippen LogP contribution in [0.25, 0.3) is 5.57 Å². The van der Waals surface area contributed by atoms with E-state index in [1.54, 1.807) is 39.2 Å². The molecule has 0 aliphatic carbocycles. The van der Waals surface area contributed by atoms with Gasteiger partial charge in [-0.15, -0.1) is 11.3 Å². The summed E-state index contributed by atoms with van der Waals surface area (Å²) in [6.07, 6.45) is 4.66. The van der Waals surface area contributed by atoms with Gasteiger partial charge in [-0.05, 0) is 31.7 Å². The summed E-state index contributed by atoms with van der Waals surface area (Å²) < 4.78 is 19.4. The van der Waals surface area contributed by atoms with Crippen LogP contribution in [0.5, 0.6) is 0 Å². The highest BCUT2D eigenvalue weighted by Gasteiger charge is 2.31. The molecule has 2 unspecified atom stereocenters. The molecule has 0 saturated carbocycles. The monoisotopic (exact) mass is 361 g/mol. The number of carbonyl (C=O) groups excluding carboxylic acids is 1. The van der Waals surface area contributed by atoms with Crippen LogP contribution in [-0.4, -0.2) is 37.2 Å². The smallest absolute Gasteiger partial charge is 0.414 e. The number of nitrogens with zero attached hydrogens (tertiary/aromatic N) is 2. The molecule has 5 nitrogen and oxygen atoms in total. The number of hydrogen-bond acceptors (Lipinski definition) is 5. The van der Waals surface area contributed by atoms with Gasteiger partial charge in [0, 0.05) is 23.2 Å². The van der Waals surface area contributed by atoms with Crippen molar-refractivity contribution in [2.24, 2.45) is 0 Å². The molecule has 2 atom stereocenters. The van der Waals surface area contributed by atoms with Crippen molar-refractivity contribution < 1.29 is 13.9 Å². The molecule has 1 aliphatic rings. The van der Waals surface area contributed by atoms with E-state index >= 15 is 0 Å². The van der Waals surface area contributed by atoms with E-state index < -0.39 is 12.1 Å². The molecule has 1 N–H and O–H groups in total. The predicted molar refractivity (Wildman–Crippen MR) is 96.4 cm³/mol. The average molecular weight is 361 g/mol. The first-order valence-electron chi connectivity index (χ1n) is 7.75. The maximum atomic E-state index is 14.3. The van der Waals surface area contributed by atoms with Crippen LogP contribution in [0.4, 0.5) is 9.18 Å². The number of nitriles is 1. The van der Waals surface area contributed by atoms with Crippen LogP contribution in [0.15, 0.2) is 36.6 Å². The molecule has 1 aromatic heterocycles. The van der Waals surface area contributed by atoms with Crippen molar-refractivity contribution in [3.8, 4) is 6.07 Å². The fourth-order valence-electron chi connectivity index (χ4n) is 2.46. The van der Waals surface area contributed by atoms with Gasteiger partial charge < -0.3 is 10.1 Å². The Hall–Kier alpha value is -2.43. The number of rotatable bonds is 6. The zero-order valence-electron chi connectivity index (χ0n) is 14.4. The normalized spacial score (nSPS) is 20.5. The van der Waals surface area contributed by atoms with Gasteiger partial charge in [-0.2, -0.15) is 5.26 Å². The van der Waals surface area contributed by atoms with Crippen molar-refractivity contribution >= 4 is 23.0 Å². The Morgan fingerprint density at radius 1 is 1.68 bits per heavy atom. The zero-order chi connectivity index (χ0) is 18.6. The molecule has 1 amide bonds. The molecule has 25 heavy (non-hydrogen) atoms. The molecule has 0 spiro atoms. The van der Waals surface area contributed by atoms with Crippen molar-refractivity contribution in [2.75, 3.05) is 14.1 Å². The molecule has 2 rings (SSSR count). The molecule has 0 radical (unpaired) electrons. The van der Waals surface area contributed by atoms with Gasteiger partial charge in [-0.25, -0.2) is 9.18 Å². The second-order valence-electron chi connectivity index (χ2n) is 5.57. The van der Waals surface area contributed by atoms with E-state index in [1.165, 1.54) is 22.3 Å². The highest BCUT2D eigenvalue weighted by molar-refractivity contribution is 7.13. The Bertz CT molecular complexity index is 776. The lowest BCUT2D eigenvalue weighted by Gasteiger charge is -2.10. The summed E-state index contributed by atoms with van der Waals surface area (Å²) in [5.41, 5.74) is 1.42. The molecule has 1 fully saturated rings. The molecule has 1 aromatic rings. The predicted octanol–water partition coefficient (Wildman–Crippen LogP) is 3.47. The van der Waals surface area contributed by atoms with Crippen molar-refractivity contribution in [3.05, 3.63) is 52.1 Å². The second-order valence-corrected chi connectivity index (χ2v) is 6.70. The van der Waals surface area contributed by atoms with Gasteiger partial charge in [-0.1, -0.05) is 18.7 Å². The molecule has 132 valence electrons. The lowest BCUT2D eigenvalue weighted by Crippen LogP contribution is -2.25. The van der Waals surface area contributed by atoms with Crippen molar-refractivity contribution in [1.29, 1.82) is 5.26 Å². The molecular formula is C18H20FN3O2S. The standard InChI is InChI=1S/C18H20FN3O2S/c1-5-6-12(7-15-11(2)24-18(23)22(15)4)16-9-14(19)17(25-16)8-13(10-20)21-3/h5-7,9,11,13,21H,1,8H2,2-4H3/b12-6+,15-7+. The van der Waals surface area contributed by atoms with Crippen LogP contribution in [0, 0.1) is 17.1 Å². The second kappa shape index (κ2) is 8.10. The van der Waals surface area contributed by atoms with Crippen LogP contribution in [0.1, 0.15) is 16.7 Å². The van der Waals surface area contributed by atoms with E-state index in [0.717, 1.165) is 5.57 Å². The van der Waals surface area contributed by atoms with Crippen LogP contribution < -0.4 is 5.32 Å². The first-order valence-corrected chi connectivity index (χ1v) is 8.57. The minimum Gasteiger partial charge on any atom is -0.440 e. The third-order valence-corrected chi connectivity index (χ3v) is 5.07. The number of thiophene rings is 1. The van der Waals surface area contributed by atoms with E-state index in [9.17, 15) is 9.18 Å². The maximum Gasteiger partial charge on any atom is 0.414 e. The lowest BCUT2D eigenvalue weighted by atomic mass is 10.1. The molecule has 1 aliphatic heterocycles. The summed E-state index contributed by atoms with van der Waals surface area (Å²) in [6, 6.07) is 3.09. The Balaban J connectivity index is 2.37. The van der Waals surface area contributed by atoms with Gasteiger partial charge in [0.25, 0.3) is 0 Å². The van der Waals surface area contributed by atoms with Crippen molar-refractivity contribution in [3.63, 3.8) is 0 Å². The molecular weight excluding hydrogens is 341 g/mol. The first kappa shape index (κ1) is 18.9. The Morgan fingerprint density at radius 3 is 2.92 bits per heavy atom. The minimum atomic E-state index is -0.446. The number of ether oxygens (including phenoxy) is 1. The number of likely N-dealkylation sites (N-methyl/N-ethyl adjacent to an activating group) is 2. The zero-order valence-corrected chi connectivity index (χ0v) is 15.2. The summed E-state index contributed by atoms with van der Waals surface area (Å²) in [7, 11) is 3.30. The number of halogens is 1. The Kier molecular flexibility index (Phi) is 6.12. The van der Waals surface area contributed by atoms with E-state index in [4.69, 9.17) is 10.00 Å². The molecule has 2 heterocycles. The fraction of sp³-hybridized carbons (Fsp3) is 0.333. The number of allylic oxidation sites excluding steroid dienone is 4. The highest BCUT2D eigenvalue weighted by atomic mass is 32.1. The van der Waals surface area contributed by atoms with Gasteiger partial charge in [0.1, 0.15) is 11.9 Å². The Morgan fingerprint density at radius 2 is 2.40 bits per heavy atom. The first-order chi connectivity index (χ1) is 11.9. The van der Waals surface area contributed by atoms with Gasteiger partial charge in [-0.3, -0.25) is 4.90 Å². The van der Waals surface area contributed by atoms with E-state index in [2.05, 4.69) is 18.0 Å². The third kappa shape index (κ3) is 4.16. The fourth-order valence-corrected chi connectivity index (χ4v) is 3.54. The SMILES string of the molecule is C=C/C=C(\C=C1/C(C)OC(=O)N1C)c1cc(F)c(CC(C#N)NC)s1. The molecule has 0 aromatic carbocycles. The minimum absolute atomic E-state index is 0.291. The third-order valence-electron chi connectivity index (χ3n) is 3.89. The van der Waals surface area contributed by atoms with Gasteiger partial charge in [0.2, 0.25) is 0 Å². The number of amides is 1. The number of carbonyl (C=O) groups is 1. The summed E-state index contributed by atoms with van der Waals surface area (Å²) in [5.74, 6) is -0.344. The summed E-state index contributed by atoms with van der Waals surface area (Å²) in [5, 5.41) is 11.9. The number of cyclic esters (lactones) is 1. The largest absolute Gasteiger partial charge is 0.440 e. The van der Waals surface area contributed by atoms with Crippen LogP contribution in [0.2, 0.25) is 0 Å². The van der Waals surface area contributed by atoms with Crippen LogP contribution in [-0.2, 0) is 11.2 Å². The Labute approximate surface area is 150 Å². The van der Waals surface area contributed by atoms with E-state index in [0.29, 0.717) is 21.9 Å². The van der Waals surface area contributed by atoms with Crippen LogP contribution >= 0.6 is 11.3 Å². The van der Waals surface area contributed by atoms with Gasteiger partial charge >= 0.3 is 6.09 Å². The summed E-state index contributed by atoms with van der Waals surface area (Å²) in [4.78, 5) is 14.3. The van der Waals surface area contributed by atoms with Crippen LogP contribution in [0.3, 0.4) is 0 Å². The van der Waals surface area contributed by atoms with E-state index in [1.807, 2.05) is 0 Å². The molecule has 7 heteroatoms. The van der Waals surface area contributed by atoms with Gasteiger partial charge in [0.15, 0.2) is 0 Å². The number of hydrogen-bond donors (Lipinski definition) is 1. The summed E-state index contributed by atoms with van der Waals surface area (Å²) >= 11 is 1.28. The van der Waals surface area contributed by atoms with Gasteiger partial charge in [0.05, 0.1) is 17.8 Å². The van der Waals surface area contributed by atoms with Crippen molar-refractivity contribution in [2.45, 2.75) is 25.5 Å². The maximum absolute atomic E-state index is 14.3. The highest BCUT2D eigenvalue weighted by Crippen LogP contribution is 2.32. The average Bonchev–Trinajstić information content (AvgIpc) is 3.06. The number of nitrogens with one attached hydrogen (secondary N) is 1. The summed E-state index contributed by atoms with van der Waals surface area (Å²) in [6.45, 7) is 5.48. The quantitative estimate of drug-likeness (QED) is 0.788.